The fourth-order valence-corrected chi connectivity index (χ4v) is 1.83. The molecule has 0 unspecified atom stereocenters. The summed E-state index contributed by atoms with van der Waals surface area (Å²) in [4.78, 5) is 17.5. The van der Waals surface area contributed by atoms with Crippen LogP contribution < -0.4 is 4.74 Å². The number of aromatic amines is 1. The molecule has 6 heteroatoms. The van der Waals surface area contributed by atoms with Gasteiger partial charge in [-0.05, 0) is 25.1 Å². The van der Waals surface area contributed by atoms with Crippen molar-refractivity contribution in [3.63, 3.8) is 0 Å². The predicted octanol–water partition coefficient (Wildman–Crippen LogP) is 2.83. The second-order valence-electron chi connectivity index (χ2n) is 3.51. The lowest BCUT2D eigenvalue weighted by Crippen LogP contribution is -1.99. The molecule has 1 aromatic carbocycles. The van der Waals surface area contributed by atoms with Gasteiger partial charge in [-0.1, -0.05) is 11.6 Å². The van der Waals surface area contributed by atoms with Gasteiger partial charge < -0.3 is 14.8 Å². The smallest absolute Gasteiger partial charge is 0.354 e. The first kappa shape index (κ1) is 12.4. The van der Waals surface area contributed by atoms with Crippen LogP contribution in [0.5, 0.6) is 5.75 Å². The number of carboxylic acid groups (broad SMARTS) is 1. The van der Waals surface area contributed by atoms with Crippen LogP contribution in [-0.4, -0.2) is 27.7 Å². The Hall–Kier alpha value is -2.01. The third kappa shape index (κ3) is 2.31. The van der Waals surface area contributed by atoms with Gasteiger partial charge in [-0.2, -0.15) is 0 Å². The Morgan fingerprint density at radius 1 is 1.56 bits per heavy atom. The van der Waals surface area contributed by atoms with Gasteiger partial charge >= 0.3 is 5.97 Å². The molecule has 0 atom stereocenters. The Morgan fingerprint density at radius 2 is 2.33 bits per heavy atom. The van der Waals surface area contributed by atoms with Crippen molar-refractivity contribution < 1.29 is 14.6 Å². The number of imidazole rings is 1. The summed E-state index contributed by atoms with van der Waals surface area (Å²) in [5.74, 6) is -0.497. The first-order chi connectivity index (χ1) is 8.63. The average molecular weight is 267 g/mol. The number of benzene rings is 1. The minimum atomic E-state index is -1.06. The molecule has 0 amide bonds. The average Bonchev–Trinajstić information content (AvgIpc) is 2.81. The number of nitrogens with zero attached hydrogens (tertiary/aromatic N) is 1. The van der Waals surface area contributed by atoms with E-state index in [-0.39, 0.29) is 5.69 Å². The van der Waals surface area contributed by atoms with E-state index in [0.717, 1.165) is 0 Å². The van der Waals surface area contributed by atoms with Crippen molar-refractivity contribution in [1.82, 2.24) is 9.97 Å². The lowest BCUT2D eigenvalue weighted by molar-refractivity contribution is 0.0692. The van der Waals surface area contributed by atoms with Crippen molar-refractivity contribution in [2.75, 3.05) is 6.61 Å². The molecule has 0 aliphatic rings. The number of halogens is 1. The van der Waals surface area contributed by atoms with Gasteiger partial charge in [0, 0.05) is 5.56 Å². The van der Waals surface area contributed by atoms with E-state index in [9.17, 15) is 4.79 Å². The number of carboxylic acids is 1. The van der Waals surface area contributed by atoms with Gasteiger partial charge in [-0.3, -0.25) is 0 Å². The lowest BCUT2D eigenvalue weighted by atomic mass is 10.1. The zero-order valence-electron chi connectivity index (χ0n) is 9.61. The molecule has 0 aliphatic heterocycles. The second-order valence-corrected chi connectivity index (χ2v) is 3.92. The minimum absolute atomic E-state index is 0.0372. The molecule has 1 aromatic heterocycles. The van der Waals surface area contributed by atoms with Crippen LogP contribution in [0, 0.1) is 0 Å². The van der Waals surface area contributed by atoms with Crippen molar-refractivity contribution in [2.24, 2.45) is 0 Å². The van der Waals surface area contributed by atoms with Crippen molar-refractivity contribution in [2.45, 2.75) is 6.92 Å². The maximum atomic E-state index is 11.0. The van der Waals surface area contributed by atoms with Gasteiger partial charge in [-0.25, -0.2) is 9.78 Å². The van der Waals surface area contributed by atoms with Crippen LogP contribution in [0.25, 0.3) is 11.3 Å². The molecule has 2 aromatic rings. The Labute approximate surface area is 108 Å². The van der Waals surface area contributed by atoms with Gasteiger partial charge in [0.2, 0.25) is 0 Å². The van der Waals surface area contributed by atoms with E-state index in [4.69, 9.17) is 21.4 Å². The number of carbonyl (C=O) groups is 1. The number of ether oxygens (including phenoxy) is 1. The standard InChI is InChI=1S/C12H11ClN2O3/c1-2-18-9-4-3-7(5-8(9)13)10-11(12(16)17)15-6-14-10/h3-6H,2H2,1H3,(H,14,15)(H,16,17). The molecule has 94 valence electrons. The number of nitrogens with one attached hydrogen (secondary N) is 1. The highest BCUT2D eigenvalue weighted by atomic mass is 35.5. The van der Waals surface area contributed by atoms with Crippen LogP contribution in [0.3, 0.4) is 0 Å². The first-order valence-electron chi connectivity index (χ1n) is 5.33. The van der Waals surface area contributed by atoms with Crippen LogP contribution in [0.2, 0.25) is 5.02 Å². The Balaban J connectivity index is 2.42. The Kier molecular flexibility index (Phi) is 3.53. The highest BCUT2D eigenvalue weighted by Crippen LogP contribution is 2.30. The molecule has 0 saturated carbocycles. The monoisotopic (exact) mass is 266 g/mol. The molecule has 0 radical (unpaired) electrons. The van der Waals surface area contributed by atoms with E-state index >= 15 is 0 Å². The quantitative estimate of drug-likeness (QED) is 0.892. The first-order valence-corrected chi connectivity index (χ1v) is 5.70. The SMILES string of the molecule is CCOc1ccc(-c2nc[nH]c2C(=O)O)cc1Cl. The van der Waals surface area contributed by atoms with Gasteiger partial charge in [0.15, 0.2) is 5.69 Å². The van der Waals surface area contributed by atoms with Gasteiger partial charge in [0.1, 0.15) is 11.4 Å². The molecule has 2 N–H and O–H groups in total. The van der Waals surface area contributed by atoms with Gasteiger partial charge in [-0.15, -0.1) is 0 Å². The third-order valence-electron chi connectivity index (χ3n) is 2.36. The maximum absolute atomic E-state index is 11.0. The number of rotatable bonds is 4. The van der Waals surface area contributed by atoms with E-state index in [0.29, 0.717) is 28.6 Å². The fraction of sp³-hybridized carbons (Fsp3) is 0.167. The van der Waals surface area contributed by atoms with E-state index in [1.54, 1.807) is 18.2 Å². The summed E-state index contributed by atoms with van der Waals surface area (Å²) >= 11 is 6.05. The number of aromatic carboxylic acids is 1. The van der Waals surface area contributed by atoms with Crippen molar-refractivity contribution in [1.29, 1.82) is 0 Å². The zero-order valence-corrected chi connectivity index (χ0v) is 10.4. The normalized spacial score (nSPS) is 10.3. The molecule has 0 fully saturated rings. The van der Waals surface area contributed by atoms with Crippen molar-refractivity contribution in [3.05, 3.63) is 35.2 Å². The molecule has 0 aliphatic carbocycles. The number of aromatic nitrogens is 2. The number of hydrogen-bond acceptors (Lipinski definition) is 3. The summed E-state index contributed by atoms with van der Waals surface area (Å²) in [6.45, 7) is 2.38. The zero-order chi connectivity index (χ0) is 13.1. The summed E-state index contributed by atoms with van der Waals surface area (Å²) in [6.07, 6.45) is 1.34. The lowest BCUT2D eigenvalue weighted by Gasteiger charge is -2.07. The van der Waals surface area contributed by atoms with Crippen LogP contribution in [0.15, 0.2) is 24.5 Å². The van der Waals surface area contributed by atoms with Crippen molar-refractivity contribution in [3.8, 4) is 17.0 Å². The number of H-pyrrole nitrogens is 1. The Bertz CT molecular complexity index is 580. The van der Waals surface area contributed by atoms with Gasteiger partial charge in [0.05, 0.1) is 18.0 Å². The van der Waals surface area contributed by atoms with E-state index < -0.39 is 5.97 Å². The molecular formula is C12H11ClN2O3. The third-order valence-corrected chi connectivity index (χ3v) is 2.65. The van der Waals surface area contributed by atoms with E-state index in [2.05, 4.69) is 9.97 Å². The molecule has 18 heavy (non-hydrogen) atoms. The van der Waals surface area contributed by atoms with Crippen molar-refractivity contribution >= 4 is 17.6 Å². The number of hydrogen-bond donors (Lipinski definition) is 2. The molecule has 5 nitrogen and oxygen atoms in total. The topological polar surface area (TPSA) is 75.2 Å². The summed E-state index contributed by atoms with van der Waals surface area (Å²) in [5, 5.41) is 9.42. The Morgan fingerprint density at radius 3 is 2.94 bits per heavy atom. The van der Waals surface area contributed by atoms with Crippen LogP contribution in [0.4, 0.5) is 0 Å². The second kappa shape index (κ2) is 5.10. The summed E-state index contributed by atoms with van der Waals surface area (Å²) < 4.78 is 5.31. The summed E-state index contributed by atoms with van der Waals surface area (Å²) in [6, 6.07) is 5.05. The fourth-order valence-electron chi connectivity index (χ4n) is 1.60. The molecule has 0 spiro atoms. The summed E-state index contributed by atoms with van der Waals surface area (Å²) in [5.41, 5.74) is 1.02. The molecule has 2 rings (SSSR count). The maximum Gasteiger partial charge on any atom is 0.354 e. The molecule has 0 saturated heterocycles. The highest BCUT2D eigenvalue weighted by Gasteiger charge is 2.15. The minimum Gasteiger partial charge on any atom is -0.492 e. The highest BCUT2D eigenvalue weighted by molar-refractivity contribution is 6.32. The molecule has 0 bridgehead atoms. The van der Waals surface area contributed by atoms with E-state index in [1.165, 1.54) is 6.33 Å². The largest absolute Gasteiger partial charge is 0.492 e. The molecular weight excluding hydrogens is 256 g/mol. The molecule has 1 heterocycles. The van der Waals surface area contributed by atoms with Gasteiger partial charge in [0.25, 0.3) is 0 Å². The van der Waals surface area contributed by atoms with Crippen LogP contribution in [0.1, 0.15) is 17.4 Å². The van der Waals surface area contributed by atoms with Crippen LogP contribution in [-0.2, 0) is 0 Å². The van der Waals surface area contributed by atoms with Crippen LogP contribution >= 0.6 is 11.6 Å². The van der Waals surface area contributed by atoms with E-state index in [1.807, 2.05) is 6.92 Å². The predicted molar refractivity (Wildman–Crippen MR) is 67.2 cm³/mol. The summed E-state index contributed by atoms with van der Waals surface area (Å²) in [7, 11) is 0.